The zero-order chi connectivity index (χ0) is 40.5. The van der Waals surface area contributed by atoms with Crippen LogP contribution in [0.15, 0.2) is 108 Å². The van der Waals surface area contributed by atoms with Crippen molar-refractivity contribution in [3.05, 3.63) is 125 Å². The van der Waals surface area contributed by atoms with Crippen molar-refractivity contribution in [1.29, 1.82) is 0 Å². The summed E-state index contributed by atoms with van der Waals surface area (Å²) in [6.45, 7) is 4.71. The molecule has 0 aliphatic carbocycles. The fourth-order valence-electron chi connectivity index (χ4n) is 6.98. The van der Waals surface area contributed by atoms with Gasteiger partial charge in [-0.1, -0.05) is 79.2 Å². The minimum absolute atomic E-state index is 0.0794. The molecular formula is C45H53N7O6. The molecule has 0 saturated carbocycles. The maximum absolute atomic E-state index is 13.5. The Hall–Kier alpha value is -6.21. The molecule has 0 radical (unpaired) electrons. The predicted octanol–water partition coefficient (Wildman–Crippen LogP) is 6.27. The maximum atomic E-state index is 13.5. The van der Waals surface area contributed by atoms with E-state index in [9.17, 15) is 19.2 Å². The maximum Gasteiger partial charge on any atom is 0.407 e. The molecule has 5 amide bonds. The van der Waals surface area contributed by atoms with Gasteiger partial charge in [-0.05, 0) is 80.2 Å². The second kappa shape index (κ2) is 21.4. The molecule has 2 heterocycles. The highest BCUT2D eigenvalue weighted by atomic mass is 16.5. The second-order valence-corrected chi connectivity index (χ2v) is 14.4. The largest absolute Gasteiger partial charge is 0.494 e. The van der Waals surface area contributed by atoms with Crippen LogP contribution in [0.3, 0.4) is 0 Å². The van der Waals surface area contributed by atoms with Gasteiger partial charge in [0.25, 0.3) is 5.91 Å². The number of hydrogen-bond donors (Lipinski definition) is 4. The predicted molar refractivity (Wildman–Crippen MR) is 225 cm³/mol. The lowest BCUT2D eigenvalue weighted by Gasteiger charge is -2.26. The van der Waals surface area contributed by atoms with Gasteiger partial charge in [0, 0.05) is 56.3 Å². The number of nitrogens with one attached hydrogen (secondary N) is 4. The first kappa shape index (κ1) is 41.4. The van der Waals surface area contributed by atoms with Crippen molar-refractivity contribution in [3.8, 4) is 5.75 Å². The molecule has 1 fully saturated rings. The summed E-state index contributed by atoms with van der Waals surface area (Å²) in [5, 5.41) is 11.1. The van der Waals surface area contributed by atoms with Crippen LogP contribution in [0.25, 0.3) is 0 Å². The molecule has 0 spiro atoms. The van der Waals surface area contributed by atoms with E-state index in [1.54, 1.807) is 25.2 Å². The minimum atomic E-state index is -1.16. The van der Waals surface area contributed by atoms with Crippen LogP contribution in [-0.2, 0) is 27.3 Å². The number of anilines is 2. The van der Waals surface area contributed by atoms with Crippen LogP contribution < -0.4 is 30.9 Å². The molecule has 4 aromatic carbocycles. The standard InChI is InChI=1S/C45H53N7O6/c1-51-39-21-7-6-20-38(39)41(35-16-4-2-5-17-35)49-42(43(51)54)50-44(55)48-36-18-10-14-33(30-36)23-29-58-45(56)47-24-12-22-40(53)46-25-13-28-57-37-19-11-15-34(31-37)32-52-26-8-3-9-27-52/h2,4-7,10-11,14-21,30-31,42H,3,8-9,12-13,22-29,32H2,1H3,(H,46,53)(H,47,56)(H2,48,50,55)/t42-/m0/s1. The number of carbonyl (C=O) groups excluding carboxylic acids is 4. The number of para-hydroxylation sites is 1. The number of alkyl carbamates (subject to hydrolysis) is 1. The third-order valence-electron chi connectivity index (χ3n) is 9.98. The number of fused-ring (bicyclic) bond motifs is 1. The number of hydrogen-bond acceptors (Lipinski definition) is 8. The molecule has 2 aliphatic rings. The van der Waals surface area contributed by atoms with Gasteiger partial charge in [0.1, 0.15) is 5.75 Å². The van der Waals surface area contributed by atoms with Gasteiger partial charge in [0.15, 0.2) is 0 Å². The third kappa shape index (κ3) is 12.4. The molecular weight excluding hydrogens is 735 g/mol. The molecule has 4 N–H and O–H groups in total. The highest BCUT2D eigenvalue weighted by molar-refractivity contribution is 6.20. The molecule has 13 heteroatoms. The van der Waals surface area contributed by atoms with Gasteiger partial charge in [-0.3, -0.25) is 14.5 Å². The van der Waals surface area contributed by atoms with E-state index in [4.69, 9.17) is 14.5 Å². The summed E-state index contributed by atoms with van der Waals surface area (Å²) in [6.07, 6.45) is 4.00. The normalized spacial score (nSPS) is 15.3. The molecule has 4 aromatic rings. The van der Waals surface area contributed by atoms with Gasteiger partial charge in [0.05, 0.1) is 24.6 Å². The first-order valence-electron chi connectivity index (χ1n) is 20.1. The van der Waals surface area contributed by atoms with Gasteiger partial charge >= 0.3 is 12.1 Å². The monoisotopic (exact) mass is 787 g/mol. The number of amides is 5. The van der Waals surface area contributed by atoms with E-state index >= 15 is 0 Å². The molecule has 2 aliphatic heterocycles. The minimum Gasteiger partial charge on any atom is -0.494 e. The first-order valence-corrected chi connectivity index (χ1v) is 20.1. The lowest BCUT2D eigenvalue weighted by atomic mass is 10.0. The molecule has 1 saturated heterocycles. The zero-order valence-electron chi connectivity index (χ0n) is 33.1. The average Bonchev–Trinajstić information content (AvgIpc) is 3.34. The van der Waals surface area contributed by atoms with Crippen LogP contribution >= 0.6 is 0 Å². The second-order valence-electron chi connectivity index (χ2n) is 14.4. The number of nitrogens with zero attached hydrogens (tertiary/aromatic N) is 3. The number of piperidine rings is 1. The molecule has 0 unspecified atom stereocenters. The summed E-state index contributed by atoms with van der Waals surface area (Å²) in [7, 11) is 1.67. The number of rotatable bonds is 17. The SMILES string of the molecule is CN1C(=O)[C@H](NC(=O)Nc2cccc(CCOC(=O)NCCCC(=O)NCCCOc3cccc(CN4CCCCC4)c3)c2)N=C(c2ccccc2)c2ccccc21. The van der Waals surface area contributed by atoms with Gasteiger partial charge in [-0.15, -0.1) is 0 Å². The molecule has 1 atom stereocenters. The summed E-state index contributed by atoms with van der Waals surface area (Å²) in [4.78, 5) is 59.9. The van der Waals surface area contributed by atoms with E-state index in [1.165, 1.54) is 29.7 Å². The van der Waals surface area contributed by atoms with Crippen LogP contribution in [0, 0.1) is 0 Å². The lowest BCUT2D eigenvalue weighted by Crippen LogP contribution is -2.47. The van der Waals surface area contributed by atoms with Crippen LogP contribution in [0.1, 0.15) is 60.8 Å². The summed E-state index contributed by atoms with van der Waals surface area (Å²) < 4.78 is 11.2. The lowest BCUT2D eigenvalue weighted by molar-refractivity contribution is -0.121. The van der Waals surface area contributed by atoms with Crippen LogP contribution in [0.5, 0.6) is 5.75 Å². The van der Waals surface area contributed by atoms with Gasteiger partial charge < -0.3 is 35.6 Å². The van der Waals surface area contributed by atoms with Crippen molar-refractivity contribution in [3.63, 3.8) is 0 Å². The highest BCUT2D eigenvalue weighted by Crippen LogP contribution is 2.27. The van der Waals surface area contributed by atoms with Crippen molar-refractivity contribution in [2.45, 2.75) is 57.7 Å². The Morgan fingerprint density at radius 1 is 0.793 bits per heavy atom. The summed E-state index contributed by atoms with van der Waals surface area (Å²) >= 11 is 0. The van der Waals surface area contributed by atoms with E-state index in [1.807, 2.05) is 72.8 Å². The van der Waals surface area contributed by atoms with Crippen LogP contribution in [0.4, 0.5) is 21.0 Å². The number of aliphatic imine (C=N–C) groups is 1. The molecule has 6 rings (SSSR count). The number of likely N-dealkylation sites (tertiary alicyclic amines) is 1. The molecule has 304 valence electrons. The average molecular weight is 788 g/mol. The van der Waals surface area contributed by atoms with Crippen LogP contribution in [0.2, 0.25) is 0 Å². The molecule has 13 nitrogen and oxygen atoms in total. The van der Waals surface area contributed by atoms with Crippen molar-refractivity contribution in [1.82, 2.24) is 20.9 Å². The van der Waals surface area contributed by atoms with Crippen molar-refractivity contribution < 1.29 is 28.7 Å². The van der Waals surface area contributed by atoms with Gasteiger partial charge in [0.2, 0.25) is 12.1 Å². The molecule has 58 heavy (non-hydrogen) atoms. The summed E-state index contributed by atoms with van der Waals surface area (Å²) in [6, 6.07) is 31.8. The van der Waals surface area contributed by atoms with Crippen molar-refractivity contribution >= 4 is 41.0 Å². The number of ether oxygens (including phenoxy) is 2. The quantitative estimate of drug-likeness (QED) is 0.0921. The van der Waals surface area contributed by atoms with Crippen molar-refractivity contribution in [2.24, 2.45) is 4.99 Å². The van der Waals surface area contributed by atoms with Crippen LogP contribution in [-0.4, -0.2) is 87.2 Å². The highest BCUT2D eigenvalue weighted by Gasteiger charge is 2.31. The van der Waals surface area contributed by atoms with E-state index in [0.29, 0.717) is 56.0 Å². The van der Waals surface area contributed by atoms with E-state index < -0.39 is 18.3 Å². The Morgan fingerprint density at radius 2 is 1.55 bits per heavy atom. The Morgan fingerprint density at radius 3 is 2.40 bits per heavy atom. The van der Waals surface area contributed by atoms with E-state index in [-0.39, 0.29) is 24.8 Å². The Kier molecular flexibility index (Phi) is 15.3. The Labute approximate surface area is 340 Å². The number of urea groups is 1. The molecule has 0 aromatic heterocycles. The Balaban J connectivity index is 0.852. The smallest absolute Gasteiger partial charge is 0.407 e. The van der Waals surface area contributed by atoms with E-state index in [0.717, 1.165) is 42.1 Å². The number of benzodiazepines with no additional fused rings is 1. The summed E-state index contributed by atoms with van der Waals surface area (Å²) in [5.74, 6) is 0.394. The van der Waals surface area contributed by atoms with Gasteiger partial charge in [-0.2, -0.15) is 0 Å². The van der Waals surface area contributed by atoms with Gasteiger partial charge in [-0.25, -0.2) is 14.6 Å². The fraction of sp³-hybridized carbons (Fsp3) is 0.356. The fourth-order valence-corrected chi connectivity index (χ4v) is 6.98. The first-order chi connectivity index (χ1) is 28.3. The third-order valence-corrected chi connectivity index (χ3v) is 9.98. The topological polar surface area (TPSA) is 154 Å². The number of carbonyl (C=O) groups is 4. The van der Waals surface area contributed by atoms with E-state index in [2.05, 4.69) is 38.3 Å². The van der Waals surface area contributed by atoms with Crippen molar-refractivity contribution in [2.75, 3.05) is 56.7 Å². The Bertz CT molecular complexity index is 2030. The number of likely N-dealkylation sites (N-methyl/N-ethyl adjacent to an activating group) is 1. The molecule has 0 bridgehead atoms. The summed E-state index contributed by atoms with van der Waals surface area (Å²) in [5.41, 5.74) is 5.50. The number of benzene rings is 4. The zero-order valence-corrected chi connectivity index (χ0v) is 33.1.